The predicted molar refractivity (Wildman–Crippen MR) is 87.2 cm³/mol. The molecule has 0 aliphatic heterocycles. The van der Waals surface area contributed by atoms with E-state index in [-0.39, 0.29) is 0 Å². The van der Waals surface area contributed by atoms with Gasteiger partial charge in [-0.3, -0.25) is 9.36 Å². The standard InChI is InChI=1S/C16H21N5O/c1-10-13(9-20(4)18-10)17-15-12-7-6-11(16(2,3)22)8-14(12)21(5)19-15/h6-9,22H,1-5H3,(H,17,19). The Bertz CT molecular complexity index is 838. The molecule has 0 saturated carbocycles. The number of anilines is 2. The van der Waals surface area contributed by atoms with Crippen molar-refractivity contribution in [3.05, 3.63) is 35.7 Å². The number of rotatable bonds is 3. The summed E-state index contributed by atoms with van der Waals surface area (Å²) < 4.78 is 3.59. The lowest BCUT2D eigenvalue weighted by atomic mass is 9.97. The summed E-state index contributed by atoms with van der Waals surface area (Å²) in [7, 11) is 3.79. The molecule has 0 saturated heterocycles. The number of aryl methyl sites for hydroxylation is 3. The summed E-state index contributed by atoms with van der Waals surface area (Å²) >= 11 is 0. The van der Waals surface area contributed by atoms with Crippen molar-refractivity contribution < 1.29 is 5.11 Å². The van der Waals surface area contributed by atoms with Gasteiger partial charge in [-0.1, -0.05) is 6.07 Å². The van der Waals surface area contributed by atoms with Crippen LogP contribution in [0.4, 0.5) is 11.5 Å². The normalized spacial score (nSPS) is 12.1. The average Bonchev–Trinajstić information content (AvgIpc) is 2.90. The van der Waals surface area contributed by atoms with E-state index in [1.807, 2.05) is 50.1 Å². The van der Waals surface area contributed by atoms with Crippen LogP contribution in [0, 0.1) is 6.92 Å². The highest BCUT2D eigenvalue weighted by molar-refractivity contribution is 5.92. The summed E-state index contributed by atoms with van der Waals surface area (Å²) in [5, 5.41) is 23.4. The summed E-state index contributed by atoms with van der Waals surface area (Å²) in [4.78, 5) is 0. The van der Waals surface area contributed by atoms with Gasteiger partial charge in [-0.25, -0.2) is 0 Å². The van der Waals surface area contributed by atoms with Crippen LogP contribution in [0.2, 0.25) is 0 Å². The van der Waals surface area contributed by atoms with E-state index < -0.39 is 5.60 Å². The van der Waals surface area contributed by atoms with Crippen molar-refractivity contribution in [1.82, 2.24) is 19.6 Å². The first-order chi connectivity index (χ1) is 10.3. The van der Waals surface area contributed by atoms with Gasteiger partial charge in [-0.05, 0) is 38.5 Å². The average molecular weight is 299 g/mol. The van der Waals surface area contributed by atoms with E-state index in [0.717, 1.165) is 33.7 Å². The number of benzene rings is 1. The number of hydrogen-bond acceptors (Lipinski definition) is 4. The Morgan fingerprint density at radius 3 is 2.50 bits per heavy atom. The highest BCUT2D eigenvalue weighted by atomic mass is 16.3. The van der Waals surface area contributed by atoms with Gasteiger partial charge in [0.25, 0.3) is 0 Å². The summed E-state index contributed by atoms with van der Waals surface area (Å²) in [6, 6.07) is 5.90. The number of aliphatic hydroxyl groups is 1. The maximum Gasteiger partial charge on any atom is 0.160 e. The molecular formula is C16H21N5O. The van der Waals surface area contributed by atoms with E-state index in [2.05, 4.69) is 15.5 Å². The van der Waals surface area contributed by atoms with Gasteiger partial charge in [-0.2, -0.15) is 10.2 Å². The van der Waals surface area contributed by atoms with Crippen LogP contribution in [-0.2, 0) is 19.7 Å². The SMILES string of the molecule is Cc1nn(C)cc1Nc1nn(C)c2cc(C(C)(C)O)ccc12. The third kappa shape index (κ3) is 2.46. The van der Waals surface area contributed by atoms with Crippen molar-refractivity contribution in [3.63, 3.8) is 0 Å². The zero-order chi connectivity index (χ0) is 16.1. The van der Waals surface area contributed by atoms with E-state index in [1.54, 1.807) is 18.5 Å². The Morgan fingerprint density at radius 2 is 1.91 bits per heavy atom. The molecule has 0 fully saturated rings. The van der Waals surface area contributed by atoms with E-state index in [1.165, 1.54) is 0 Å². The van der Waals surface area contributed by atoms with Crippen LogP contribution in [0.25, 0.3) is 10.9 Å². The monoisotopic (exact) mass is 299 g/mol. The molecule has 2 N–H and O–H groups in total. The minimum Gasteiger partial charge on any atom is -0.386 e. The molecule has 0 amide bonds. The number of aromatic nitrogens is 4. The smallest absolute Gasteiger partial charge is 0.160 e. The Labute approximate surface area is 129 Å². The lowest BCUT2D eigenvalue weighted by molar-refractivity contribution is 0.0787. The molecule has 0 atom stereocenters. The van der Waals surface area contributed by atoms with E-state index >= 15 is 0 Å². The Morgan fingerprint density at radius 1 is 1.18 bits per heavy atom. The van der Waals surface area contributed by atoms with Crippen LogP contribution < -0.4 is 5.32 Å². The molecule has 22 heavy (non-hydrogen) atoms. The molecule has 0 radical (unpaired) electrons. The van der Waals surface area contributed by atoms with Crippen LogP contribution in [0.3, 0.4) is 0 Å². The quantitative estimate of drug-likeness (QED) is 0.780. The highest BCUT2D eigenvalue weighted by Gasteiger charge is 2.18. The van der Waals surface area contributed by atoms with Crippen LogP contribution >= 0.6 is 0 Å². The first-order valence-electron chi connectivity index (χ1n) is 7.22. The molecule has 0 spiro atoms. The van der Waals surface area contributed by atoms with Gasteiger partial charge >= 0.3 is 0 Å². The van der Waals surface area contributed by atoms with Crippen molar-refractivity contribution in [2.75, 3.05) is 5.32 Å². The summed E-state index contributed by atoms with van der Waals surface area (Å²) in [5.74, 6) is 0.788. The van der Waals surface area contributed by atoms with Gasteiger partial charge in [0.2, 0.25) is 0 Å². The molecule has 3 aromatic rings. The molecule has 3 rings (SSSR count). The van der Waals surface area contributed by atoms with Crippen molar-refractivity contribution in [2.24, 2.45) is 14.1 Å². The molecule has 0 aliphatic carbocycles. The molecular weight excluding hydrogens is 278 g/mol. The zero-order valence-electron chi connectivity index (χ0n) is 13.5. The number of hydrogen-bond donors (Lipinski definition) is 2. The van der Waals surface area contributed by atoms with E-state index in [4.69, 9.17) is 0 Å². The maximum atomic E-state index is 10.2. The van der Waals surface area contributed by atoms with Gasteiger partial charge < -0.3 is 10.4 Å². The molecule has 2 aromatic heterocycles. The molecule has 2 heterocycles. The van der Waals surface area contributed by atoms with Crippen LogP contribution in [0.5, 0.6) is 0 Å². The minimum absolute atomic E-state index is 0.788. The van der Waals surface area contributed by atoms with E-state index in [9.17, 15) is 5.11 Å². The summed E-state index contributed by atoms with van der Waals surface area (Å²) in [6.45, 7) is 5.52. The summed E-state index contributed by atoms with van der Waals surface area (Å²) in [6.07, 6.45) is 1.93. The first kappa shape index (κ1) is 14.6. The molecule has 0 bridgehead atoms. The zero-order valence-corrected chi connectivity index (χ0v) is 13.5. The second-order valence-electron chi connectivity index (χ2n) is 6.19. The van der Waals surface area contributed by atoms with Crippen molar-refractivity contribution in [2.45, 2.75) is 26.4 Å². The molecule has 6 heteroatoms. The third-order valence-electron chi connectivity index (χ3n) is 3.82. The number of fused-ring (bicyclic) bond motifs is 1. The summed E-state index contributed by atoms with van der Waals surface area (Å²) in [5.41, 5.74) is 2.84. The Kier molecular flexibility index (Phi) is 3.21. The van der Waals surface area contributed by atoms with Crippen LogP contribution in [-0.4, -0.2) is 24.7 Å². The molecule has 116 valence electrons. The molecule has 0 aliphatic rings. The molecule has 0 unspecified atom stereocenters. The molecule has 1 aromatic carbocycles. The first-order valence-corrected chi connectivity index (χ1v) is 7.22. The number of nitrogens with zero attached hydrogens (tertiary/aromatic N) is 4. The fraction of sp³-hybridized carbons (Fsp3) is 0.375. The lowest BCUT2D eigenvalue weighted by Crippen LogP contribution is -2.15. The number of nitrogens with one attached hydrogen (secondary N) is 1. The van der Waals surface area contributed by atoms with Crippen molar-refractivity contribution in [1.29, 1.82) is 0 Å². The Balaban J connectivity index is 2.06. The van der Waals surface area contributed by atoms with Gasteiger partial charge in [0.05, 0.1) is 22.5 Å². The third-order valence-corrected chi connectivity index (χ3v) is 3.82. The maximum absolute atomic E-state index is 10.2. The predicted octanol–water partition coefficient (Wildman–Crippen LogP) is 2.59. The minimum atomic E-state index is -0.869. The van der Waals surface area contributed by atoms with Crippen LogP contribution in [0.15, 0.2) is 24.4 Å². The second-order valence-corrected chi connectivity index (χ2v) is 6.19. The van der Waals surface area contributed by atoms with Gasteiger partial charge in [-0.15, -0.1) is 0 Å². The van der Waals surface area contributed by atoms with Crippen LogP contribution in [0.1, 0.15) is 25.1 Å². The largest absolute Gasteiger partial charge is 0.386 e. The molecule has 6 nitrogen and oxygen atoms in total. The van der Waals surface area contributed by atoms with Crippen molar-refractivity contribution >= 4 is 22.4 Å². The fourth-order valence-electron chi connectivity index (χ4n) is 2.58. The lowest BCUT2D eigenvalue weighted by Gasteiger charge is -2.17. The Hall–Kier alpha value is -2.34. The van der Waals surface area contributed by atoms with Crippen molar-refractivity contribution in [3.8, 4) is 0 Å². The van der Waals surface area contributed by atoms with Gasteiger partial charge in [0.15, 0.2) is 5.82 Å². The van der Waals surface area contributed by atoms with E-state index in [0.29, 0.717) is 0 Å². The fourth-order valence-corrected chi connectivity index (χ4v) is 2.58. The second kappa shape index (κ2) is 4.84. The highest BCUT2D eigenvalue weighted by Crippen LogP contribution is 2.30. The van der Waals surface area contributed by atoms with Gasteiger partial charge in [0, 0.05) is 25.7 Å². The topological polar surface area (TPSA) is 67.9 Å². The van der Waals surface area contributed by atoms with Gasteiger partial charge in [0.1, 0.15) is 0 Å².